The number of nitrogens with zero attached hydrogens (tertiary/aromatic N) is 4. The zero-order valence-corrected chi connectivity index (χ0v) is 16.4. The van der Waals surface area contributed by atoms with Crippen LogP contribution in [-0.2, 0) is 44.7 Å². The van der Waals surface area contributed by atoms with Crippen LogP contribution < -0.4 is 10.6 Å². The van der Waals surface area contributed by atoms with E-state index in [0.717, 1.165) is 5.56 Å². The van der Waals surface area contributed by atoms with E-state index in [-0.39, 0.29) is 29.8 Å². The second-order valence-electron chi connectivity index (χ2n) is 3.41. The molecular formula is C12H14N6S2Zn. The van der Waals surface area contributed by atoms with Gasteiger partial charge in [-0.15, -0.1) is 5.10 Å². The van der Waals surface area contributed by atoms with E-state index in [1.807, 2.05) is 30.3 Å². The summed E-state index contributed by atoms with van der Waals surface area (Å²) in [5.41, 5.74) is 1.38. The van der Waals surface area contributed by atoms with Gasteiger partial charge in [-0.05, 0) is 10.3 Å². The first-order valence-corrected chi connectivity index (χ1v) is 6.50. The Balaban J connectivity index is 0.00000400. The van der Waals surface area contributed by atoms with Gasteiger partial charge in [0, 0.05) is 19.7 Å². The van der Waals surface area contributed by atoms with E-state index in [4.69, 9.17) is 25.3 Å². The van der Waals surface area contributed by atoms with Gasteiger partial charge < -0.3 is 35.9 Å². The first-order chi connectivity index (χ1) is 9.67. The molecule has 6 nitrogen and oxygen atoms in total. The Morgan fingerprint density at radius 3 is 2.10 bits per heavy atom. The van der Waals surface area contributed by atoms with Crippen molar-refractivity contribution in [2.75, 3.05) is 14.1 Å². The Bertz CT molecular complexity index is 542. The maximum absolute atomic E-state index is 4.91. The average molecular weight is 372 g/mol. The summed E-state index contributed by atoms with van der Waals surface area (Å²) in [5, 5.41) is 21.5. The summed E-state index contributed by atoms with van der Waals surface area (Å²) >= 11 is 9.78. The van der Waals surface area contributed by atoms with Gasteiger partial charge in [-0.2, -0.15) is 15.3 Å². The smallest absolute Gasteiger partial charge is 0.741 e. The third-order valence-electron chi connectivity index (χ3n) is 2.07. The van der Waals surface area contributed by atoms with E-state index in [9.17, 15) is 0 Å². The second kappa shape index (κ2) is 11.2. The van der Waals surface area contributed by atoms with E-state index in [2.05, 4.69) is 31.0 Å². The standard InChI is InChI=1S/C12H16N6S2.Zn/c1-13-11(19)17-15-8-10(16-18-12(20)14-2)9-6-4-3-5-7-9;/h3-8H,1-2H3,(H2,13,17,19)(H2,14,18,20);/q;+2/p-2. The van der Waals surface area contributed by atoms with Gasteiger partial charge in [-0.25, -0.2) is 0 Å². The first kappa shape index (κ1) is 19.6. The molecule has 1 aromatic rings. The topological polar surface area (TPSA) is 73.5 Å². The number of amidine groups is 2. The largest absolute Gasteiger partial charge is 2.00 e. The van der Waals surface area contributed by atoms with Gasteiger partial charge >= 0.3 is 19.5 Å². The molecule has 0 heterocycles. The van der Waals surface area contributed by atoms with E-state index in [1.165, 1.54) is 6.21 Å². The van der Waals surface area contributed by atoms with Crippen molar-refractivity contribution in [3.63, 3.8) is 0 Å². The molecule has 21 heavy (non-hydrogen) atoms. The van der Waals surface area contributed by atoms with Gasteiger partial charge in [0.1, 0.15) is 5.71 Å². The van der Waals surface area contributed by atoms with Crippen molar-refractivity contribution in [1.29, 1.82) is 0 Å². The molecule has 0 spiro atoms. The summed E-state index contributed by atoms with van der Waals surface area (Å²) in [6.45, 7) is 0. The molecule has 0 saturated heterocycles. The van der Waals surface area contributed by atoms with Crippen molar-refractivity contribution in [2.24, 2.45) is 20.4 Å². The summed E-state index contributed by atoms with van der Waals surface area (Å²) < 4.78 is 0. The van der Waals surface area contributed by atoms with E-state index < -0.39 is 0 Å². The van der Waals surface area contributed by atoms with Gasteiger partial charge in [0.2, 0.25) is 0 Å². The van der Waals surface area contributed by atoms with Gasteiger partial charge in [0.25, 0.3) is 0 Å². The molecule has 0 aliphatic carbocycles. The van der Waals surface area contributed by atoms with Crippen molar-refractivity contribution in [2.45, 2.75) is 0 Å². The Labute approximate surface area is 147 Å². The Morgan fingerprint density at radius 1 is 0.952 bits per heavy atom. The normalized spacial score (nSPS) is 13.0. The monoisotopic (exact) mass is 370 g/mol. The molecule has 0 aliphatic heterocycles. The molecule has 1 rings (SSSR count). The summed E-state index contributed by atoms with van der Waals surface area (Å²) in [7, 11) is 3.35. The van der Waals surface area contributed by atoms with Crippen LogP contribution in [0.1, 0.15) is 5.56 Å². The molecule has 106 valence electrons. The molecule has 0 radical (unpaired) electrons. The van der Waals surface area contributed by atoms with Crippen LogP contribution in [0.15, 0.2) is 50.7 Å². The van der Waals surface area contributed by atoms with E-state index >= 15 is 0 Å². The molecule has 0 bridgehead atoms. The van der Waals surface area contributed by atoms with Crippen molar-refractivity contribution >= 4 is 47.5 Å². The molecule has 1 aromatic carbocycles. The van der Waals surface area contributed by atoms with Crippen molar-refractivity contribution in [1.82, 2.24) is 10.6 Å². The predicted octanol–water partition coefficient (Wildman–Crippen LogP) is 0.619. The number of nitrogens with one attached hydrogen (secondary N) is 2. The van der Waals surface area contributed by atoms with E-state index in [1.54, 1.807) is 14.1 Å². The van der Waals surface area contributed by atoms with Crippen molar-refractivity contribution < 1.29 is 19.5 Å². The Morgan fingerprint density at radius 2 is 1.52 bits per heavy atom. The molecule has 0 aliphatic rings. The van der Waals surface area contributed by atoms with E-state index in [0.29, 0.717) is 5.71 Å². The number of rotatable bonds is 4. The van der Waals surface area contributed by atoms with Crippen molar-refractivity contribution in [3.8, 4) is 0 Å². The average Bonchev–Trinajstić information content (AvgIpc) is 2.50. The molecule has 2 N–H and O–H groups in total. The SMILES string of the molecule is CNC([S-])=NN=CC(=NN=C([S-])NC)c1ccccc1.[Zn+2]. The third kappa shape index (κ3) is 7.79. The van der Waals surface area contributed by atoms with Crippen LogP contribution in [0.5, 0.6) is 0 Å². The molecular weight excluding hydrogens is 358 g/mol. The minimum absolute atomic E-state index is 0. The van der Waals surface area contributed by atoms with Gasteiger partial charge in [-0.3, -0.25) is 0 Å². The molecule has 0 atom stereocenters. The predicted molar refractivity (Wildman–Crippen MR) is 89.2 cm³/mol. The molecule has 0 amide bonds. The fourth-order valence-corrected chi connectivity index (χ4v) is 1.19. The zero-order valence-electron chi connectivity index (χ0n) is 11.8. The van der Waals surface area contributed by atoms with Crippen LogP contribution in [0.4, 0.5) is 0 Å². The van der Waals surface area contributed by atoms with Crippen LogP contribution in [0.2, 0.25) is 0 Å². The summed E-state index contributed by atoms with van der Waals surface area (Å²) in [6, 6.07) is 9.47. The van der Waals surface area contributed by atoms with Gasteiger partial charge in [0.05, 0.1) is 6.21 Å². The number of hydrogen-bond donors (Lipinski definition) is 2. The quantitative estimate of drug-likeness (QED) is 0.267. The second-order valence-corrected chi connectivity index (χ2v) is 4.18. The van der Waals surface area contributed by atoms with Crippen LogP contribution in [-0.4, -0.2) is 36.4 Å². The Hall–Kier alpha value is -1.44. The summed E-state index contributed by atoms with van der Waals surface area (Å²) in [6.07, 6.45) is 1.47. The van der Waals surface area contributed by atoms with Crippen LogP contribution in [0.25, 0.3) is 0 Å². The minimum Gasteiger partial charge on any atom is -0.741 e. The molecule has 0 aromatic heterocycles. The van der Waals surface area contributed by atoms with Crippen LogP contribution >= 0.6 is 0 Å². The maximum atomic E-state index is 4.91. The minimum atomic E-state index is 0. The number of benzene rings is 1. The van der Waals surface area contributed by atoms with Crippen molar-refractivity contribution in [3.05, 3.63) is 35.9 Å². The fraction of sp³-hybridized carbons (Fsp3) is 0.167. The summed E-state index contributed by atoms with van der Waals surface area (Å²) in [4.78, 5) is 0. The first-order valence-electron chi connectivity index (χ1n) is 5.69. The zero-order chi connectivity index (χ0) is 14.8. The van der Waals surface area contributed by atoms with Crippen LogP contribution in [0, 0.1) is 0 Å². The third-order valence-corrected chi connectivity index (χ3v) is 2.65. The van der Waals surface area contributed by atoms with Gasteiger partial charge in [-0.1, -0.05) is 30.3 Å². The molecule has 0 fully saturated rings. The maximum Gasteiger partial charge on any atom is 2.00 e. The van der Waals surface area contributed by atoms with Gasteiger partial charge in [0.15, 0.2) is 0 Å². The molecule has 0 saturated carbocycles. The molecule has 9 heteroatoms. The summed E-state index contributed by atoms with van der Waals surface area (Å²) in [5.74, 6) is 0. The fourth-order valence-electron chi connectivity index (χ4n) is 1.10. The molecule has 0 unspecified atom stereocenters. The Kier molecular flexibility index (Phi) is 10.5. The van der Waals surface area contributed by atoms with Crippen LogP contribution in [0.3, 0.4) is 0 Å². The number of hydrogen-bond acceptors (Lipinski definition) is 6.